The molecule has 7 atom stereocenters. The fourth-order valence-electron chi connectivity index (χ4n) is 8.40. The van der Waals surface area contributed by atoms with Gasteiger partial charge >= 0.3 is 0 Å². The van der Waals surface area contributed by atoms with Crippen LogP contribution in [0.15, 0.2) is 41.2 Å². The summed E-state index contributed by atoms with van der Waals surface area (Å²) in [6.07, 6.45) is 11.9. The molecule has 37 heavy (non-hydrogen) atoms. The van der Waals surface area contributed by atoms with E-state index in [9.17, 15) is 9.90 Å². The normalized spacial score (nSPS) is 35.5. The largest absolute Gasteiger partial charge is 0.504 e. The maximum Gasteiger partial charge on any atom is 0.246 e. The molecule has 1 amide bonds. The molecule has 3 heterocycles. The second-order valence-electron chi connectivity index (χ2n) is 12.2. The fraction of sp³-hybridized carbons (Fsp3) is 0.567. The minimum absolute atomic E-state index is 0.0293. The van der Waals surface area contributed by atoms with Gasteiger partial charge in [0, 0.05) is 48.3 Å². The Morgan fingerprint density at radius 1 is 1.22 bits per heavy atom. The number of carbonyl (C=O) groups excluding carboxylic acids is 1. The predicted molar refractivity (Wildman–Crippen MR) is 140 cm³/mol. The molecule has 1 N–H and O–H groups in total. The number of phenolic OH excluding ortho intramolecular Hbond substituents is 1. The molecule has 2 unspecified atom stereocenters. The Balaban J connectivity index is 1.20. The molecule has 0 radical (unpaired) electrons. The minimum atomic E-state index is -0.140. The Morgan fingerprint density at radius 3 is 2.84 bits per heavy atom. The molecule has 2 aliphatic heterocycles. The van der Waals surface area contributed by atoms with Crippen LogP contribution in [0.4, 0.5) is 0 Å². The first kappa shape index (κ1) is 23.4. The predicted octanol–water partition coefficient (Wildman–Crippen LogP) is 3.51. The number of aromatic hydroxyl groups is 1. The van der Waals surface area contributed by atoms with Crippen molar-refractivity contribution in [1.82, 2.24) is 14.7 Å². The molecule has 3 fully saturated rings. The lowest BCUT2D eigenvalue weighted by Gasteiger charge is -2.60. The van der Waals surface area contributed by atoms with Crippen molar-refractivity contribution in [3.63, 3.8) is 0 Å². The van der Waals surface area contributed by atoms with Gasteiger partial charge in [0.2, 0.25) is 5.91 Å². The highest BCUT2D eigenvalue weighted by molar-refractivity contribution is 5.91. The molecule has 2 bridgehead atoms. The zero-order valence-electron chi connectivity index (χ0n) is 22.0. The summed E-state index contributed by atoms with van der Waals surface area (Å²) in [4.78, 5) is 20.3. The number of benzene rings is 1. The maximum atomic E-state index is 13.3. The van der Waals surface area contributed by atoms with Crippen LogP contribution >= 0.6 is 0 Å². The Hall–Kier alpha value is -2.77. The Morgan fingerprint density at radius 2 is 2.08 bits per heavy atom. The number of ether oxygens (including phenoxy) is 1. The third kappa shape index (κ3) is 3.43. The molecule has 1 saturated heterocycles. The van der Waals surface area contributed by atoms with E-state index in [0.717, 1.165) is 43.7 Å². The number of nitrogens with zero attached hydrogens (tertiary/aromatic N) is 3. The number of likely N-dealkylation sites (tertiary alicyclic amines) is 1. The van der Waals surface area contributed by atoms with Gasteiger partial charge in [-0.25, -0.2) is 0 Å². The minimum Gasteiger partial charge on any atom is -0.504 e. The highest BCUT2D eigenvalue weighted by Crippen LogP contribution is 2.64. The van der Waals surface area contributed by atoms with Crippen LogP contribution in [0.25, 0.3) is 6.08 Å². The molecular formula is C30H37N3O4. The number of furan rings is 1. The number of likely N-dealkylation sites (N-methyl/N-ethyl adjacent to an activating group) is 1. The summed E-state index contributed by atoms with van der Waals surface area (Å²) in [5.41, 5.74) is 3.31. The van der Waals surface area contributed by atoms with Gasteiger partial charge in [0.25, 0.3) is 0 Å². The van der Waals surface area contributed by atoms with Crippen molar-refractivity contribution in [2.45, 2.75) is 61.7 Å². The van der Waals surface area contributed by atoms with Crippen molar-refractivity contribution in [3.05, 3.63) is 53.5 Å². The Bertz CT molecular complexity index is 1240. The number of amides is 1. The molecule has 1 spiro atoms. The smallest absolute Gasteiger partial charge is 0.246 e. The first-order valence-electron chi connectivity index (χ1n) is 13.8. The molecule has 2 saturated carbocycles. The highest BCUT2D eigenvalue weighted by atomic mass is 16.5. The van der Waals surface area contributed by atoms with Gasteiger partial charge in [0.15, 0.2) is 11.5 Å². The van der Waals surface area contributed by atoms with Crippen LogP contribution in [0, 0.1) is 11.8 Å². The van der Waals surface area contributed by atoms with E-state index < -0.39 is 0 Å². The summed E-state index contributed by atoms with van der Waals surface area (Å²) >= 11 is 0. The molecule has 196 valence electrons. The molecule has 1 aromatic carbocycles. The molecule has 3 aliphatic carbocycles. The molecule has 2 aromatic rings. The molecule has 1 aromatic heterocycles. The van der Waals surface area contributed by atoms with E-state index in [-0.39, 0.29) is 29.2 Å². The zero-order chi connectivity index (χ0) is 25.5. The quantitative estimate of drug-likeness (QED) is 0.609. The van der Waals surface area contributed by atoms with E-state index in [0.29, 0.717) is 23.8 Å². The lowest BCUT2D eigenvalue weighted by Crippen LogP contribution is -2.69. The average molecular weight is 504 g/mol. The summed E-state index contributed by atoms with van der Waals surface area (Å²) < 4.78 is 11.8. The second kappa shape index (κ2) is 8.37. The van der Waals surface area contributed by atoms with E-state index in [1.807, 2.05) is 24.1 Å². The maximum absolute atomic E-state index is 13.3. The topological polar surface area (TPSA) is 69.4 Å². The zero-order valence-corrected chi connectivity index (χ0v) is 22.0. The fourth-order valence-corrected chi connectivity index (χ4v) is 8.40. The van der Waals surface area contributed by atoms with Gasteiger partial charge in [-0.3, -0.25) is 9.69 Å². The van der Waals surface area contributed by atoms with Crippen LogP contribution in [0.3, 0.4) is 0 Å². The van der Waals surface area contributed by atoms with Crippen molar-refractivity contribution < 1.29 is 19.1 Å². The van der Waals surface area contributed by atoms with Gasteiger partial charge < -0.3 is 24.1 Å². The number of rotatable bonds is 6. The number of carbonyl (C=O) groups is 1. The SMILES string of the molecule is CN(C)C1CC1CN1CC[C@]23c4c5ccc(O)c4O[C@H]2[C@H](N(C)C(=O)C=Cc2ccoc2)CC[C@H]3[C@H]1C5. The van der Waals surface area contributed by atoms with Gasteiger partial charge in [-0.05, 0) is 88.4 Å². The number of phenols is 1. The monoisotopic (exact) mass is 503 g/mol. The van der Waals surface area contributed by atoms with Crippen LogP contribution in [0.5, 0.6) is 11.5 Å². The number of hydrogen-bond acceptors (Lipinski definition) is 6. The van der Waals surface area contributed by atoms with Gasteiger partial charge in [0.1, 0.15) is 6.10 Å². The second-order valence-corrected chi connectivity index (χ2v) is 12.2. The molecule has 7 nitrogen and oxygen atoms in total. The van der Waals surface area contributed by atoms with E-state index in [1.54, 1.807) is 24.7 Å². The van der Waals surface area contributed by atoms with Crippen LogP contribution in [0.2, 0.25) is 0 Å². The summed E-state index contributed by atoms with van der Waals surface area (Å²) in [6, 6.07) is 6.94. The van der Waals surface area contributed by atoms with Crippen molar-refractivity contribution in [1.29, 1.82) is 0 Å². The van der Waals surface area contributed by atoms with Crippen molar-refractivity contribution in [2.24, 2.45) is 11.8 Å². The van der Waals surface area contributed by atoms with Crippen LogP contribution in [0.1, 0.15) is 42.4 Å². The third-order valence-electron chi connectivity index (χ3n) is 10.2. The first-order valence-corrected chi connectivity index (χ1v) is 13.8. The van der Waals surface area contributed by atoms with E-state index >= 15 is 0 Å². The average Bonchev–Trinajstić information content (AvgIpc) is 3.29. The van der Waals surface area contributed by atoms with E-state index in [1.165, 1.54) is 24.1 Å². The van der Waals surface area contributed by atoms with Gasteiger partial charge in [-0.15, -0.1) is 0 Å². The third-order valence-corrected chi connectivity index (χ3v) is 10.2. The lowest BCUT2D eigenvalue weighted by atomic mass is 9.51. The molecule has 5 aliphatic rings. The van der Waals surface area contributed by atoms with Crippen LogP contribution in [-0.2, 0) is 16.6 Å². The molecule has 7 heteroatoms. The highest BCUT2D eigenvalue weighted by Gasteiger charge is 2.66. The van der Waals surface area contributed by atoms with E-state index in [4.69, 9.17) is 9.15 Å². The van der Waals surface area contributed by atoms with Gasteiger partial charge in [-0.2, -0.15) is 0 Å². The van der Waals surface area contributed by atoms with Crippen LogP contribution in [-0.4, -0.2) is 84.2 Å². The summed E-state index contributed by atoms with van der Waals surface area (Å²) in [7, 11) is 6.30. The summed E-state index contributed by atoms with van der Waals surface area (Å²) in [5.74, 6) is 2.13. The lowest BCUT2D eigenvalue weighted by molar-refractivity contribution is -0.135. The van der Waals surface area contributed by atoms with Gasteiger partial charge in [0.05, 0.1) is 18.6 Å². The molecular weight excluding hydrogens is 466 g/mol. The summed E-state index contributed by atoms with van der Waals surface area (Å²) in [6.45, 7) is 2.23. The number of hydrogen-bond donors (Lipinski definition) is 1. The van der Waals surface area contributed by atoms with Gasteiger partial charge in [-0.1, -0.05) is 6.07 Å². The summed E-state index contributed by atoms with van der Waals surface area (Å²) in [5, 5.41) is 10.9. The standard InChI is InChI=1S/C30H37N3O4/c1-31(2)23-15-20(23)16-33-12-11-30-21-6-7-22(32(3)26(35)9-4-18-10-13-36-17-18)29(30)37-28-25(34)8-5-19(27(28)30)14-24(21)33/h4-5,8-10,13,17,20-24,29,34H,6-7,11-12,14-16H2,1-3H3/t20?,21-,22+,23?,24+,29-,30-/m0/s1. The first-order chi connectivity index (χ1) is 17.9. The Kier molecular flexibility index (Phi) is 5.28. The van der Waals surface area contributed by atoms with Crippen molar-refractivity contribution in [3.8, 4) is 11.5 Å². The van der Waals surface area contributed by atoms with Crippen molar-refractivity contribution >= 4 is 12.0 Å². The van der Waals surface area contributed by atoms with Crippen molar-refractivity contribution in [2.75, 3.05) is 34.2 Å². The Labute approximate surface area is 218 Å². The molecule has 7 rings (SSSR count). The van der Waals surface area contributed by atoms with Crippen LogP contribution < -0.4 is 4.74 Å². The van der Waals surface area contributed by atoms with E-state index in [2.05, 4.69) is 30.0 Å². The number of piperidine rings is 1.